The van der Waals surface area contributed by atoms with Gasteiger partial charge < -0.3 is 0 Å². The third kappa shape index (κ3) is 1.60. The second-order valence-corrected chi connectivity index (χ2v) is 4.58. The van der Waals surface area contributed by atoms with Crippen LogP contribution in [0.2, 0.25) is 0 Å². The Bertz CT molecular complexity index is 385. The first kappa shape index (κ1) is 9.13. The minimum Gasteiger partial charge on any atom is -0.294 e. The molecule has 2 aliphatic rings. The normalized spacial score (nSPS) is 38.2. The summed E-state index contributed by atoms with van der Waals surface area (Å²) in [5, 5.41) is 3.54. The maximum Gasteiger partial charge on any atom is 0.0882 e. The Morgan fingerprint density at radius 3 is 2.80 bits per heavy atom. The predicted octanol–water partition coefficient (Wildman–Crippen LogP) is 1.70. The van der Waals surface area contributed by atoms with Crippen LogP contribution in [0.1, 0.15) is 12.5 Å². The standard InChI is InChI=1S/C13H16N2/c1-13(14-9-12-10-15(12)13)8-7-11-5-3-2-4-6-11/h2-8,12,14H,9-10H2,1H3/b8-7+. The van der Waals surface area contributed by atoms with Crippen molar-refractivity contribution < 1.29 is 0 Å². The Hall–Kier alpha value is -1.12. The van der Waals surface area contributed by atoms with Gasteiger partial charge in [-0.15, -0.1) is 0 Å². The number of hydrogen-bond donors (Lipinski definition) is 1. The van der Waals surface area contributed by atoms with E-state index in [1.54, 1.807) is 0 Å². The molecule has 0 aliphatic carbocycles. The first-order valence-corrected chi connectivity index (χ1v) is 5.54. The summed E-state index contributed by atoms with van der Waals surface area (Å²) >= 11 is 0. The fourth-order valence-corrected chi connectivity index (χ4v) is 2.33. The minimum atomic E-state index is 0.0838. The topological polar surface area (TPSA) is 15.0 Å². The lowest BCUT2D eigenvalue weighted by molar-refractivity contribution is 0.313. The van der Waals surface area contributed by atoms with E-state index in [-0.39, 0.29) is 5.66 Å². The SMILES string of the molecule is CC1(/C=C/c2ccccc2)NCC2CN21. The van der Waals surface area contributed by atoms with Crippen molar-refractivity contribution in [2.45, 2.75) is 18.6 Å². The van der Waals surface area contributed by atoms with Gasteiger partial charge in [0.15, 0.2) is 0 Å². The quantitative estimate of drug-likeness (QED) is 0.731. The fourth-order valence-electron chi connectivity index (χ4n) is 2.33. The van der Waals surface area contributed by atoms with Gasteiger partial charge in [0.25, 0.3) is 0 Å². The third-order valence-electron chi connectivity index (χ3n) is 3.41. The number of nitrogens with one attached hydrogen (secondary N) is 1. The molecule has 2 fully saturated rings. The Labute approximate surface area is 90.6 Å². The second kappa shape index (κ2) is 3.19. The molecule has 0 radical (unpaired) electrons. The highest BCUT2D eigenvalue weighted by atomic mass is 15.5. The van der Waals surface area contributed by atoms with Gasteiger partial charge in [0.05, 0.1) is 5.66 Å². The molecule has 3 unspecified atom stereocenters. The van der Waals surface area contributed by atoms with E-state index in [2.05, 4.69) is 53.6 Å². The minimum absolute atomic E-state index is 0.0838. The highest BCUT2D eigenvalue weighted by Crippen LogP contribution is 2.34. The Kier molecular flexibility index (Phi) is 1.94. The third-order valence-corrected chi connectivity index (χ3v) is 3.41. The number of hydrogen-bond acceptors (Lipinski definition) is 2. The molecule has 0 spiro atoms. The molecule has 1 aromatic carbocycles. The van der Waals surface area contributed by atoms with Gasteiger partial charge in [-0.1, -0.05) is 36.4 Å². The molecule has 3 atom stereocenters. The summed E-state index contributed by atoms with van der Waals surface area (Å²) in [6.45, 7) is 4.64. The molecule has 2 nitrogen and oxygen atoms in total. The van der Waals surface area contributed by atoms with Crippen LogP contribution in [-0.2, 0) is 0 Å². The summed E-state index contributed by atoms with van der Waals surface area (Å²) in [6.07, 6.45) is 4.48. The zero-order valence-electron chi connectivity index (χ0n) is 8.98. The van der Waals surface area contributed by atoms with Gasteiger partial charge in [-0.25, -0.2) is 0 Å². The van der Waals surface area contributed by atoms with Crippen LogP contribution in [0.4, 0.5) is 0 Å². The molecule has 3 rings (SSSR count). The first-order valence-electron chi connectivity index (χ1n) is 5.54. The predicted molar refractivity (Wildman–Crippen MR) is 62.4 cm³/mol. The first-order chi connectivity index (χ1) is 7.28. The molecule has 1 N–H and O–H groups in total. The highest BCUT2D eigenvalue weighted by molar-refractivity contribution is 5.50. The van der Waals surface area contributed by atoms with Gasteiger partial charge in [-0.3, -0.25) is 10.2 Å². The van der Waals surface area contributed by atoms with Crippen LogP contribution in [0.3, 0.4) is 0 Å². The van der Waals surface area contributed by atoms with E-state index >= 15 is 0 Å². The number of fused-ring (bicyclic) bond motifs is 1. The molecular formula is C13H16N2. The van der Waals surface area contributed by atoms with Crippen molar-refractivity contribution >= 4 is 6.08 Å². The van der Waals surface area contributed by atoms with Crippen molar-refractivity contribution in [3.63, 3.8) is 0 Å². The molecule has 0 saturated carbocycles. The summed E-state index contributed by atoms with van der Waals surface area (Å²) in [5.74, 6) is 0. The van der Waals surface area contributed by atoms with Crippen molar-refractivity contribution in [3.05, 3.63) is 42.0 Å². The van der Waals surface area contributed by atoms with Crippen molar-refractivity contribution in [2.24, 2.45) is 0 Å². The molecule has 2 heteroatoms. The monoisotopic (exact) mass is 200 g/mol. The van der Waals surface area contributed by atoms with Gasteiger partial charge >= 0.3 is 0 Å². The maximum absolute atomic E-state index is 3.54. The summed E-state index contributed by atoms with van der Waals surface area (Å²) in [5.41, 5.74) is 1.35. The van der Waals surface area contributed by atoms with E-state index in [4.69, 9.17) is 0 Å². The van der Waals surface area contributed by atoms with Gasteiger partial charge in [0.2, 0.25) is 0 Å². The zero-order valence-corrected chi connectivity index (χ0v) is 8.98. The van der Waals surface area contributed by atoms with E-state index in [0.717, 1.165) is 12.6 Å². The smallest absolute Gasteiger partial charge is 0.0882 e. The van der Waals surface area contributed by atoms with Crippen LogP contribution in [-0.4, -0.2) is 29.7 Å². The summed E-state index contributed by atoms with van der Waals surface area (Å²) in [4.78, 5) is 2.49. The summed E-state index contributed by atoms with van der Waals surface area (Å²) in [6, 6.07) is 11.3. The molecule has 2 saturated heterocycles. The van der Waals surface area contributed by atoms with Crippen LogP contribution in [0, 0.1) is 0 Å². The van der Waals surface area contributed by atoms with Gasteiger partial charge in [-0.05, 0) is 18.6 Å². The molecule has 0 amide bonds. The van der Waals surface area contributed by atoms with E-state index in [1.807, 2.05) is 6.07 Å². The Balaban J connectivity index is 1.77. The van der Waals surface area contributed by atoms with Crippen molar-refractivity contribution in [1.29, 1.82) is 0 Å². The highest BCUT2D eigenvalue weighted by Gasteiger charge is 2.51. The molecule has 15 heavy (non-hydrogen) atoms. The van der Waals surface area contributed by atoms with E-state index in [0.29, 0.717) is 0 Å². The molecule has 2 aliphatic heterocycles. The molecule has 2 heterocycles. The van der Waals surface area contributed by atoms with Crippen LogP contribution >= 0.6 is 0 Å². The van der Waals surface area contributed by atoms with Crippen LogP contribution in [0.25, 0.3) is 6.08 Å². The average molecular weight is 200 g/mol. The number of rotatable bonds is 2. The Morgan fingerprint density at radius 1 is 1.40 bits per heavy atom. The van der Waals surface area contributed by atoms with Gasteiger partial charge in [0.1, 0.15) is 0 Å². The molecule has 0 bridgehead atoms. The van der Waals surface area contributed by atoms with E-state index < -0.39 is 0 Å². The molecular weight excluding hydrogens is 184 g/mol. The number of nitrogens with zero attached hydrogens (tertiary/aromatic N) is 1. The zero-order chi connectivity index (χ0) is 10.3. The molecule has 1 aromatic rings. The van der Waals surface area contributed by atoms with Crippen molar-refractivity contribution in [1.82, 2.24) is 10.2 Å². The molecule has 0 aromatic heterocycles. The average Bonchev–Trinajstić information content (AvgIpc) is 3.00. The van der Waals surface area contributed by atoms with Gasteiger partial charge in [-0.2, -0.15) is 0 Å². The lowest BCUT2D eigenvalue weighted by Gasteiger charge is -2.24. The fraction of sp³-hybridized carbons (Fsp3) is 0.385. The lowest BCUT2D eigenvalue weighted by Crippen LogP contribution is -2.42. The largest absolute Gasteiger partial charge is 0.294 e. The van der Waals surface area contributed by atoms with Crippen molar-refractivity contribution in [3.8, 4) is 0 Å². The summed E-state index contributed by atoms with van der Waals surface area (Å²) in [7, 11) is 0. The van der Waals surface area contributed by atoms with Crippen LogP contribution < -0.4 is 5.32 Å². The van der Waals surface area contributed by atoms with Crippen LogP contribution in [0.5, 0.6) is 0 Å². The number of benzene rings is 1. The molecule has 78 valence electrons. The maximum atomic E-state index is 3.54. The second-order valence-electron chi connectivity index (χ2n) is 4.58. The van der Waals surface area contributed by atoms with E-state index in [1.165, 1.54) is 12.1 Å². The Morgan fingerprint density at radius 2 is 2.20 bits per heavy atom. The summed E-state index contributed by atoms with van der Waals surface area (Å²) < 4.78 is 0. The van der Waals surface area contributed by atoms with Gasteiger partial charge in [0, 0.05) is 19.1 Å². The van der Waals surface area contributed by atoms with Crippen LogP contribution in [0.15, 0.2) is 36.4 Å². The van der Waals surface area contributed by atoms with Crippen molar-refractivity contribution in [2.75, 3.05) is 13.1 Å². The lowest BCUT2D eigenvalue weighted by atomic mass is 10.1. The van der Waals surface area contributed by atoms with E-state index in [9.17, 15) is 0 Å².